The Morgan fingerprint density at radius 1 is 0.388 bits per heavy atom. The summed E-state index contributed by atoms with van der Waals surface area (Å²) in [5.41, 5.74) is 10.8. The predicted octanol–water partition coefficient (Wildman–Crippen LogP) is 12.2. The Labute approximate surface area is 285 Å². The zero-order chi connectivity index (χ0) is 32.3. The van der Waals surface area contributed by atoms with E-state index in [0.29, 0.717) is 0 Å². The summed E-state index contributed by atoms with van der Waals surface area (Å²) >= 11 is 0. The van der Waals surface area contributed by atoms with E-state index in [0.717, 1.165) is 11.4 Å². The summed E-state index contributed by atoms with van der Waals surface area (Å²) in [5.74, 6) is 0. The van der Waals surface area contributed by atoms with Crippen LogP contribution in [0.25, 0.3) is 65.6 Å². The number of hydrogen-bond donors (Lipinski definition) is 2. The molecular formula is C46H33N3. The first-order valence-corrected chi connectivity index (χ1v) is 17.0. The third-order valence-corrected chi connectivity index (χ3v) is 10.3. The molecule has 0 fully saturated rings. The summed E-state index contributed by atoms with van der Waals surface area (Å²) in [5, 5.41) is 15.7. The van der Waals surface area contributed by atoms with E-state index in [4.69, 9.17) is 0 Å². The zero-order valence-electron chi connectivity index (χ0n) is 26.8. The molecule has 2 atom stereocenters. The van der Waals surface area contributed by atoms with Crippen molar-refractivity contribution in [2.24, 2.45) is 0 Å². The number of para-hydroxylation sites is 2. The van der Waals surface area contributed by atoms with E-state index in [1.807, 2.05) is 0 Å². The van der Waals surface area contributed by atoms with Crippen LogP contribution in [0.2, 0.25) is 0 Å². The normalized spacial score (nSPS) is 15.7. The van der Waals surface area contributed by atoms with Gasteiger partial charge in [-0.05, 0) is 79.7 Å². The first kappa shape index (κ1) is 27.8. The highest BCUT2D eigenvalue weighted by molar-refractivity contribution is 6.28. The summed E-state index contributed by atoms with van der Waals surface area (Å²) in [6.45, 7) is 0. The number of aromatic nitrogens is 1. The summed E-state index contributed by atoms with van der Waals surface area (Å²) < 4.78 is 2.54. The molecule has 0 amide bonds. The molecule has 0 saturated carbocycles. The minimum atomic E-state index is -0.104. The third kappa shape index (κ3) is 4.51. The zero-order valence-corrected chi connectivity index (χ0v) is 26.8. The van der Waals surface area contributed by atoms with Crippen molar-refractivity contribution in [1.82, 2.24) is 4.57 Å². The average molecular weight is 628 g/mol. The number of rotatable bonds is 4. The van der Waals surface area contributed by atoms with Crippen molar-refractivity contribution in [2.75, 3.05) is 10.6 Å². The molecule has 3 nitrogen and oxygen atoms in total. The molecule has 232 valence electrons. The predicted molar refractivity (Wildman–Crippen MR) is 207 cm³/mol. The summed E-state index contributed by atoms with van der Waals surface area (Å²) in [7, 11) is 0. The number of hydrogen-bond acceptors (Lipinski definition) is 2. The molecule has 9 aromatic rings. The van der Waals surface area contributed by atoms with Gasteiger partial charge < -0.3 is 15.2 Å². The van der Waals surface area contributed by atoms with Gasteiger partial charge in [0.2, 0.25) is 0 Å². The van der Waals surface area contributed by atoms with Crippen molar-refractivity contribution >= 4 is 54.7 Å². The molecule has 2 unspecified atom stereocenters. The van der Waals surface area contributed by atoms with Crippen LogP contribution in [0.4, 0.5) is 11.4 Å². The van der Waals surface area contributed by atoms with Crippen LogP contribution in [0.1, 0.15) is 17.8 Å². The van der Waals surface area contributed by atoms with Crippen molar-refractivity contribution in [3.8, 4) is 22.3 Å². The Balaban J connectivity index is 1.17. The van der Waals surface area contributed by atoms with E-state index in [9.17, 15) is 0 Å². The maximum absolute atomic E-state index is 4.01. The molecule has 2 heterocycles. The molecule has 1 aliphatic rings. The van der Waals surface area contributed by atoms with Gasteiger partial charge in [-0.3, -0.25) is 0 Å². The quantitative estimate of drug-likeness (QED) is 0.203. The van der Waals surface area contributed by atoms with Crippen molar-refractivity contribution < 1.29 is 0 Å². The topological polar surface area (TPSA) is 29.0 Å². The SMILES string of the molecule is c1ccc(-c2ccc(-c3cccc(C4Nc5ccccc5NC4n4c5ccc6ccccc6c5c5c6ccccc6ccc54)c3)cc2)cc1. The highest BCUT2D eigenvalue weighted by Gasteiger charge is 2.33. The van der Waals surface area contributed by atoms with E-state index < -0.39 is 0 Å². The molecule has 0 saturated heterocycles. The van der Waals surface area contributed by atoms with Crippen LogP contribution in [-0.4, -0.2) is 4.57 Å². The van der Waals surface area contributed by atoms with Gasteiger partial charge in [-0.15, -0.1) is 0 Å². The fourth-order valence-corrected chi connectivity index (χ4v) is 7.98. The lowest BCUT2D eigenvalue weighted by molar-refractivity contribution is 0.506. The fourth-order valence-electron chi connectivity index (χ4n) is 7.98. The van der Waals surface area contributed by atoms with E-state index in [2.05, 4.69) is 191 Å². The highest BCUT2D eigenvalue weighted by Crippen LogP contribution is 2.46. The number of benzene rings is 8. The molecule has 0 aliphatic carbocycles. The second-order valence-corrected chi connectivity index (χ2v) is 13.1. The highest BCUT2D eigenvalue weighted by atomic mass is 15.3. The van der Waals surface area contributed by atoms with Gasteiger partial charge in [0.05, 0.1) is 28.5 Å². The number of fused-ring (bicyclic) bond motifs is 8. The van der Waals surface area contributed by atoms with Gasteiger partial charge in [0.15, 0.2) is 0 Å². The summed E-state index contributed by atoms with van der Waals surface area (Å²) in [6.07, 6.45) is -0.104. The number of nitrogens with zero attached hydrogens (tertiary/aromatic N) is 1. The maximum atomic E-state index is 4.01. The molecule has 0 bridgehead atoms. The number of nitrogens with one attached hydrogen (secondary N) is 2. The molecule has 49 heavy (non-hydrogen) atoms. The van der Waals surface area contributed by atoms with Gasteiger partial charge in [0, 0.05) is 10.8 Å². The van der Waals surface area contributed by atoms with Gasteiger partial charge >= 0.3 is 0 Å². The molecule has 1 aliphatic heterocycles. The Morgan fingerprint density at radius 2 is 0.898 bits per heavy atom. The van der Waals surface area contributed by atoms with Crippen LogP contribution >= 0.6 is 0 Å². The first-order chi connectivity index (χ1) is 24.3. The number of anilines is 2. The van der Waals surface area contributed by atoms with Gasteiger partial charge in [-0.1, -0.05) is 146 Å². The van der Waals surface area contributed by atoms with Crippen molar-refractivity contribution in [3.05, 3.63) is 181 Å². The lowest BCUT2D eigenvalue weighted by atomic mass is 9.95. The van der Waals surface area contributed by atoms with Crippen molar-refractivity contribution in [3.63, 3.8) is 0 Å². The van der Waals surface area contributed by atoms with Gasteiger partial charge in [0.25, 0.3) is 0 Å². The van der Waals surface area contributed by atoms with Crippen LogP contribution in [0, 0.1) is 0 Å². The fraction of sp³-hybridized carbons (Fsp3) is 0.0435. The lowest BCUT2D eigenvalue weighted by Gasteiger charge is -2.38. The van der Waals surface area contributed by atoms with Crippen molar-refractivity contribution in [1.29, 1.82) is 0 Å². The average Bonchev–Trinajstić information content (AvgIpc) is 3.53. The van der Waals surface area contributed by atoms with E-state index in [-0.39, 0.29) is 12.2 Å². The molecule has 2 N–H and O–H groups in total. The van der Waals surface area contributed by atoms with Gasteiger partial charge in [0.1, 0.15) is 6.17 Å². The van der Waals surface area contributed by atoms with E-state index in [1.54, 1.807) is 0 Å². The lowest BCUT2D eigenvalue weighted by Crippen LogP contribution is -2.34. The Bertz CT molecular complexity index is 2580. The van der Waals surface area contributed by atoms with Gasteiger partial charge in [-0.2, -0.15) is 0 Å². The van der Waals surface area contributed by atoms with Crippen LogP contribution in [0.5, 0.6) is 0 Å². The molecule has 3 heteroatoms. The molecule has 0 spiro atoms. The monoisotopic (exact) mass is 627 g/mol. The minimum absolute atomic E-state index is 0.0461. The summed E-state index contributed by atoms with van der Waals surface area (Å²) in [6, 6.07) is 63.8. The minimum Gasteiger partial charge on any atom is -0.373 e. The van der Waals surface area contributed by atoms with Crippen molar-refractivity contribution in [2.45, 2.75) is 12.2 Å². The molecule has 10 rings (SSSR count). The van der Waals surface area contributed by atoms with E-state index >= 15 is 0 Å². The van der Waals surface area contributed by atoms with Crippen LogP contribution in [0.3, 0.4) is 0 Å². The summed E-state index contributed by atoms with van der Waals surface area (Å²) in [4.78, 5) is 0. The largest absolute Gasteiger partial charge is 0.373 e. The van der Waals surface area contributed by atoms with Crippen LogP contribution in [0.15, 0.2) is 176 Å². The smallest absolute Gasteiger partial charge is 0.129 e. The molecule has 0 radical (unpaired) electrons. The molecule has 1 aromatic heterocycles. The van der Waals surface area contributed by atoms with E-state index in [1.165, 1.54) is 71.2 Å². The van der Waals surface area contributed by atoms with Crippen LogP contribution < -0.4 is 10.6 Å². The molecule has 8 aromatic carbocycles. The third-order valence-electron chi connectivity index (χ3n) is 10.3. The second kappa shape index (κ2) is 11.1. The first-order valence-electron chi connectivity index (χ1n) is 17.0. The standard InChI is InChI=1S/C46H33N3/c1-2-11-30(12-3-1)31-21-23-32(24-22-31)35-15-10-16-36(29-35)45-46(48-40-20-9-8-19-39(40)47-45)49-41-27-25-33-13-4-6-17-37(33)43(41)44-38-18-7-5-14-34(38)26-28-42(44)49/h1-29,45-48H. The molecular weight excluding hydrogens is 595 g/mol. The Kier molecular flexibility index (Phi) is 6.31. The Hall–Kier alpha value is -6.32. The maximum Gasteiger partial charge on any atom is 0.129 e. The Morgan fingerprint density at radius 3 is 1.55 bits per heavy atom. The van der Waals surface area contributed by atoms with Crippen LogP contribution in [-0.2, 0) is 0 Å². The second-order valence-electron chi connectivity index (χ2n) is 13.1. The van der Waals surface area contributed by atoms with Gasteiger partial charge in [-0.25, -0.2) is 0 Å².